The first kappa shape index (κ1) is 24.3. The van der Waals surface area contributed by atoms with Crippen molar-refractivity contribution in [2.45, 2.75) is 31.6 Å². The van der Waals surface area contributed by atoms with Crippen molar-refractivity contribution in [2.75, 3.05) is 36.8 Å². The zero-order chi connectivity index (χ0) is 25.7. The van der Waals surface area contributed by atoms with Crippen molar-refractivity contribution in [3.05, 3.63) is 107 Å². The fraction of sp³-hybridized carbons (Fsp3) is 0.281. The van der Waals surface area contributed by atoms with E-state index in [4.69, 9.17) is 4.98 Å². The van der Waals surface area contributed by atoms with Crippen molar-refractivity contribution in [3.8, 4) is 11.3 Å². The van der Waals surface area contributed by atoms with Gasteiger partial charge in [-0.05, 0) is 86.3 Å². The molecule has 6 rings (SSSR count). The Kier molecular flexibility index (Phi) is 7.14. The smallest absolute Gasteiger partial charge is 0.255 e. The average molecular weight is 504 g/mol. The van der Waals surface area contributed by atoms with E-state index in [-0.39, 0.29) is 11.8 Å². The minimum atomic E-state index is -0.104. The van der Waals surface area contributed by atoms with E-state index in [1.807, 2.05) is 48.7 Å². The van der Waals surface area contributed by atoms with Crippen LogP contribution < -0.4 is 10.6 Å². The molecule has 3 aromatic carbocycles. The maximum Gasteiger partial charge on any atom is 0.255 e. The molecule has 0 spiro atoms. The average Bonchev–Trinajstić information content (AvgIpc) is 3.50. The number of likely N-dealkylation sites (tertiary alicyclic amines) is 1. The van der Waals surface area contributed by atoms with Crippen molar-refractivity contribution < 1.29 is 4.79 Å². The molecule has 1 saturated heterocycles. The summed E-state index contributed by atoms with van der Waals surface area (Å²) in [5.74, 6) is 0.810. The van der Waals surface area contributed by atoms with Crippen LogP contribution in [0.1, 0.15) is 52.2 Å². The van der Waals surface area contributed by atoms with Crippen LogP contribution in [0.2, 0.25) is 0 Å². The number of hydrogen-bond donors (Lipinski definition) is 2. The predicted molar refractivity (Wildman–Crippen MR) is 153 cm³/mol. The van der Waals surface area contributed by atoms with Crippen LogP contribution in [0.15, 0.2) is 85.1 Å². The number of nitrogens with one attached hydrogen (secondary N) is 2. The number of amides is 1. The molecule has 0 bridgehead atoms. The topological polar surface area (TPSA) is 70.2 Å². The number of carbonyl (C=O) groups is 1. The lowest BCUT2D eigenvalue weighted by Gasteiger charge is -2.27. The van der Waals surface area contributed by atoms with Crippen LogP contribution in [0.4, 0.5) is 11.6 Å². The van der Waals surface area contributed by atoms with Crippen molar-refractivity contribution >= 4 is 17.5 Å². The Balaban J connectivity index is 1.16. The van der Waals surface area contributed by atoms with Gasteiger partial charge in [0.25, 0.3) is 5.91 Å². The molecule has 1 unspecified atom stereocenters. The monoisotopic (exact) mass is 503 g/mol. The minimum Gasteiger partial charge on any atom is -0.354 e. The van der Waals surface area contributed by atoms with Crippen molar-refractivity contribution in [2.24, 2.45) is 0 Å². The van der Waals surface area contributed by atoms with Crippen LogP contribution in [0.5, 0.6) is 0 Å². The lowest BCUT2D eigenvalue weighted by molar-refractivity contribution is 0.102. The van der Waals surface area contributed by atoms with Crippen LogP contribution in [0.3, 0.4) is 0 Å². The lowest BCUT2D eigenvalue weighted by Crippen LogP contribution is -2.22. The van der Waals surface area contributed by atoms with Gasteiger partial charge >= 0.3 is 0 Å². The lowest BCUT2D eigenvalue weighted by atomic mass is 9.78. The molecule has 6 heteroatoms. The van der Waals surface area contributed by atoms with E-state index < -0.39 is 0 Å². The standard InChI is InChI=1S/C32H33N5O/c38-31(24-9-2-1-3-10-24)35-26-15-13-23(14-16-26)29-21-25-22-34-32(33-17-8-20-37-18-6-7-19-37)36-30(25)28-12-5-4-11-27(28)29/h1-5,9-16,22,29H,6-8,17-21H2,(H,35,38)(H,33,34,36). The van der Waals surface area contributed by atoms with Crippen molar-refractivity contribution in [1.29, 1.82) is 0 Å². The maximum atomic E-state index is 12.5. The minimum absolute atomic E-state index is 0.104. The molecule has 1 aromatic heterocycles. The zero-order valence-electron chi connectivity index (χ0n) is 21.6. The molecule has 1 amide bonds. The van der Waals surface area contributed by atoms with Gasteiger partial charge < -0.3 is 15.5 Å². The third kappa shape index (κ3) is 5.31. The highest BCUT2D eigenvalue weighted by molar-refractivity contribution is 6.04. The van der Waals surface area contributed by atoms with E-state index in [0.29, 0.717) is 11.5 Å². The van der Waals surface area contributed by atoms with Crippen LogP contribution in [-0.4, -0.2) is 47.0 Å². The molecule has 0 saturated carbocycles. The number of anilines is 2. The number of fused-ring (bicyclic) bond motifs is 3. The molecule has 0 radical (unpaired) electrons. The normalized spacial score (nSPS) is 16.5. The molecule has 38 heavy (non-hydrogen) atoms. The summed E-state index contributed by atoms with van der Waals surface area (Å²) in [4.78, 5) is 24.7. The Morgan fingerprint density at radius 3 is 2.50 bits per heavy atom. The molecule has 1 aliphatic heterocycles. The second-order valence-electron chi connectivity index (χ2n) is 10.2. The highest BCUT2D eigenvalue weighted by atomic mass is 16.1. The fourth-order valence-electron chi connectivity index (χ4n) is 5.62. The number of nitrogens with zero attached hydrogens (tertiary/aromatic N) is 3. The number of carbonyl (C=O) groups excluding carboxylic acids is 1. The van der Waals surface area contributed by atoms with Gasteiger partial charge in [-0.2, -0.15) is 0 Å². The van der Waals surface area contributed by atoms with Crippen LogP contribution in [-0.2, 0) is 6.42 Å². The third-order valence-corrected chi connectivity index (χ3v) is 7.62. The Morgan fingerprint density at radius 1 is 0.921 bits per heavy atom. The van der Waals surface area contributed by atoms with Gasteiger partial charge in [0.05, 0.1) is 5.69 Å². The second kappa shape index (κ2) is 11.2. The van der Waals surface area contributed by atoms with E-state index in [2.05, 4.69) is 56.9 Å². The molecule has 1 fully saturated rings. The van der Waals surface area contributed by atoms with Crippen LogP contribution in [0, 0.1) is 0 Å². The number of aromatic nitrogens is 2. The quantitative estimate of drug-likeness (QED) is 0.290. The first-order valence-electron chi connectivity index (χ1n) is 13.6. The Hall–Kier alpha value is -4.03. The van der Waals surface area contributed by atoms with E-state index in [9.17, 15) is 4.79 Å². The van der Waals surface area contributed by atoms with E-state index in [1.165, 1.54) is 42.6 Å². The summed E-state index contributed by atoms with van der Waals surface area (Å²) in [6.45, 7) is 4.49. The summed E-state index contributed by atoms with van der Waals surface area (Å²) < 4.78 is 0. The van der Waals surface area contributed by atoms with Gasteiger partial charge in [-0.1, -0.05) is 54.6 Å². The third-order valence-electron chi connectivity index (χ3n) is 7.62. The predicted octanol–water partition coefficient (Wildman–Crippen LogP) is 5.98. The summed E-state index contributed by atoms with van der Waals surface area (Å²) in [6.07, 6.45) is 6.59. The van der Waals surface area contributed by atoms with Gasteiger partial charge in [0.15, 0.2) is 0 Å². The first-order valence-corrected chi connectivity index (χ1v) is 13.6. The highest BCUT2D eigenvalue weighted by Gasteiger charge is 2.27. The number of benzene rings is 3. The molecule has 2 N–H and O–H groups in total. The van der Waals surface area contributed by atoms with Crippen molar-refractivity contribution in [1.82, 2.24) is 14.9 Å². The molecule has 1 atom stereocenters. The molecule has 2 aliphatic rings. The molecule has 1 aliphatic carbocycles. The summed E-state index contributed by atoms with van der Waals surface area (Å²) in [5, 5.41) is 6.44. The summed E-state index contributed by atoms with van der Waals surface area (Å²) in [6, 6.07) is 26.0. The maximum absolute atomic E-state index is 12.5. The highest BCUT2D eigenvalue weighted by Crippen LogP contribution is 2.42. The molecule has 4 aromatic rings. The van der Waals surface area contributed by atoms with E-state index >= 15 is 0 Å². The molecule has 2 heterocycles. The fourth-order valence-corrected chi connectivity index (χ4v) is 5.62. The van der Waals surface area contributed by atoms with Gasteiger partial charge in [-0.3, -0.25) is 4.79 Å². The second-order valence-corrected chi connectivity index (χ2v) is 10.2. The Morgan fingerprint density at radius 2 is 1.68 bits per heavy atom. The SMILES string of the molecule is O=C(Nc1ccc(C2Cc3cnc(NCCCN4CCCC4)nc3-c3ccccc32)cc1)c1ccccc1. The molecule has 192 valence electrons. The zero-order valence-corrected chi connectivity index (χ0v) is 21.6. The first-order chi connectivity index (χ1) is 18.7. The largest absolute Gasteiger partial charge is 0.354 e. The van der Waals surface area contributed by atoms with E-state index in [0.717, 1.165) is 42.9 Å². The van der Waals surface area contributed by atoms with Gasteiger partial charge in [0.2, 0.25) is 5.95 Å². The van der Waals surface area contributed by atoms with Gasteiger partial charge in [-0.25, -0.2) is 9.97 Å². The van der Waals surface area contributed by atoms with Crippen LogP contribution >= 0.6 is 0 Å². The Bertz CT molecular complexity index is 1400. The van der Waals surface area contributed by atoms with Gasteiger partial charge in [0, 0.05) is 35.5 Å². The van der Waals surface area contributed by atoms with Gasteiger partial charge in [0.1, 0.15) is 0 Å². The molecular formula is C32H33N5O. The summed E-state index contributed by atoms with van der Waals surface area (Å²) >= 11 is 0. The molecular weight excluding hydrogens is 470 g/mol. The number of rotatable bonds is 8. The molecule has 6 nitrogen and oxygen atoms in total. The summed E-state index contributed by atoms with van der Waals surface area (Å²) in [7, 11) is 0. The van der Waals surface area contributed by atoms with Crippen LogP contribution in [0.25, 0.3) is 11.3 Å². The Labute approximate surface area is 224 Å². The summed E-state index contributed by atoms with van der Waals surface area (Å²) in [5.41, 5.74) is 7.29. The van der Waals surface area contributed by atoms with Gasteiger partial charge in [-0.15, -0.1) is 0 Å². The number of hydrogen-bond acceptors (Lipinski definition) is 5. The van der Waals surface area contributed by atoms with E-state index in [1.54, 1.807) is 0 Å². The van der Waals surface area contributed by atoms with Crippen molar-refractivity contribution in [3.63, 3.8) is 0 Å².